The minimum atomic E-state index is -3.24. The molecule has 3 rings (SSSR count). The highest BCUT2D eigenvalue weighted by molar-refractivity contribution is 7.93. The molecule has 1 aliphatic rings. The molecule has 1 unspecified atom stereocenters. The Morgan fingerprint density at radius 2 is 1.93 bits per heavy atom. The van der Waals surface area contributed by atoms with E-state index in [1.54, 1.807) is 30.3 Å². The van der Waals surface area contributed by atoms with Crippen LogP contribution in [0.5, 0.6) is 0 Å². The number of likely N-dealkylation sites (N-methyl/N-ethyl adjacent to an activating group) is 1. The Balaban J connectivity index is 1.67. The van der Waals surface area contributed by atoms with Crippen LogP contribution in [0.3, 0.4) is 0 Å². The Hall–Kier alpha value is -2.45. The summed E-state index contributed by atoms with van der Waals surface area (Å²) in [6.07, 6.45) is 0.608. The van der Waals surface area contributed by atoms with Crippen molar-refractivity contribution in [3.8, 4) is 0 Å². The van der Waals surface area contributed by atoms with Gasteiger partial charge in [-0.3, -0.25) is 9.10 Å². The minimum Gasteiger partial charge on any atom is -0.350 e. The van der Waals surface area contributed by atoms with Crippen molar-refractivity contribution in [2.24, 2.45) is 0 Å². The summed E-state index contributed by atoms with van der Waals surface area (Å²) in [5.74, 6) is -0.427. The lowest BCUT2D eigenvalue weighted by atomic mass is 10.1. The Kier molecular flexibility index (Phi) is 6.00. The van der Waals surface area contributed by atoms with Gasteiger partial charge in [0.2, 0.25) is 10.0 Å². The van der Waals surface area contributed by atoms with Crippen LogP contribution in [0.4, 0.5) is 10.1 Å². The molecule has 8 heteroatoms. The van der Waals surface area contributed by atoms with Gasteiger partial charge in [0.05, 0.1) is 17.5 Å². The van der Waals surface area contributed by atoms with E-state index in [9.17, 15) is 17.6 Å². The van der Waals surface area contributed by atoms with Gasteiger partial charge in [-0.05, 0) is 62.5 Å². The number of halogens is 1. The van der Waals surface area contributed by atoms with Gasteiger partial charge in [0.1, 0.15) is 5.82 Å². The van der Waals surface area contributed by atoms with Gasteiger partial charge < -0.3 is 10.2 Å². The monoisotopic (exact) mass is 405 g/mol. The summed E-state index contributed by atoms with van der Waals surface area (Å²) in [6.45, 7) is 0.781. The number of nitrogens with zero attached hydrogens (tertiary/aromatic N) is 2. The molecule has 1 fully saturated rings. The standard InChI is InChI=1S/C20H24FN3O3S/c1-23(2)19(16-5-3-6-17(21)13-16)14-22-20(25)15-7-9-18(10-8-15)24-11-4-12-28(24,26)27/h3,5-10,13,19H,4,11-12,14H2,1-2H3,(H,22,25). The average molecular weight is 405 g/mol. The van der Waals surface area contributed by atoms with E-state index in [1.165, 1.54) is 16.4 Å². The van der Waals surface area contributed by atoms with E-state index in [4.69, 9.17) is 0 Å². The van der Waals surface area contributed by atoms with Crippen molar-refractivity contribution in [3.63, 3.8) is 0 Å². The fourth-order valence-corrected chi connectivity index (χ4v) is 4.88. The van der Waals surface area contributed by atoms with Crippen LogP contribution in [-0.4, -0.2) is 52.2 Å². The number of carbonyl (C=O) groups is 1. The summed E-state index contributed by atoms with van der Waals surface area (Å²) in [7, 11) is 0.494. The Labute approximate surface area is 165 Å². The summed E-state index contributed by atoms with van der Waals surface area (Å²) < 4.78 is 38.9. The normalized spacial score (nSPS) is 16.9. The first kappa shape index (κ1) is 20.3. The van der Waals surface area contributed by atoms with Crippen molar-refractivity contribution in [2.75, 3.05) is 37.2 Å². The van der Waals surface area contributed by atoms with Crippen LogP contribution in [0.25, 0.3) is 0 Å². The molecule has 28 heavy (non-hydrogen) atoms. The fraction of sp³-hybridized carbons (Fsp3) is 0.350. The molecule has 6 nitrogen and oxygen atoms in total. The first-order valence-corrected chi connectivity index (χ1v) is 10.7. The number of nitrogens with one attached hydrogen (secondary N) is 1. The van der Waals surface area contributed by atoms with Crippen LogP contribution >= 0.6 is 0 Å². The second-order valence-electron chi connectivity index (χ2n) is 7.03. The summed E-state index contributed by atoms with van der Waals surface area (Å²) in [6, 6.07) is 12.7. The van der Waals surface area contributed by atoms with Crippen molar-refractivity contribution in [1.82, 2.24) is 10.2 Å². The lowest BCUT2D eigenvalue weighted by Crippen LogP contribution is -2.34. The molecule has 2 aromatic rings. The molecule has 1 atom stereocenters. The summed E-state index contributed by atoms with van der Waals surface area (Å²) in [4.78, 5) is 14.4. The summed E-state index contributed by atoms with van der Waals surface area (Å²) in [5, 5.41) is 2.87. The molecule has 1 aliphatic heterocycles. The van der Waals surface area contributed by atoms with Gasteiger partial charge >= 0.3 is 0 Å². The third-order valence-electron chi connectivity index (χ3n) is 4.83. The molecular weight excluding hydrogens is 381 g/mol. The maximum atomic E-state index is 13.5. The van der Waals surface area contributed by atoms with E-state index in [0.717, 1.165) is 5.56 Å². The van der Waals surface area contributed by atoms with Gasteiger partial charge in [-0.15, -0.1) is 0 Å². The second-order valence-corrected chi connectivity index (χ2v) is 9.05. The third-order valence-corrected chi connectivity index (χ3v) is 6.70. The SMILES string of the molecule is CN(C)C(CNC(=O)c1ccc(N2CCCS2(=O)=O)cc1)c1cccc(F)c1. The number of benzene rings is 2. The first-order valence-electron chi connectivity index (χ1n) is 9.08. The van der Waals surface area contributed by atoms with Gasteiger partial charge in [0, 0.05) is 18.7 Å². The molecule has 1 heterocycles. The lowest BCUT2D eigenvalue weighted by Gasteiger charge is -2.25. The summed E-state index contributed by atoms with van der Waals surface area (Å²) >= 11 is 0. The van der Waals surface area contributed by atoms with Crippen molar-refractivity contribution in [3.05, 3.63) is 65.5 Å². The molecule has 0 bridgehead atoms. The van der Waals surface area contributed by atoms with Crippen LogP contribution in [0.15, 0.2) is 48.5 Å². The predicted octanol–water partition coefficient (Wildman–Crippen LogP) is 2.40. The van der Waals surface area contributed by atoms with Crippen LogP contribution in [0.1, 0.15) is 28.4 Å². The number of rotatable bonds is 6. The Morgan fingerprint density at radius 3 is 2.50 bits per heavy atom. The molecule has 0 saturated carbocycles. The molecule has 2 aromatic carbocycles. The van der Waals surface area contributed by atoms with Crippen molar-refractivity contribution < 1.29 is 17.6 Å². The largest absolute Gasteiger partial charge is 0.350 e. The van der Waals surface area contributed by atoms with Gasteiger partial charge in [0.25, 0.3) is 5.91 Å². The highest BCUT2D eigenvalue weighted by Gasteiger charge is 2.28. The van der Waals surface area contributed by atoms with E-state index < -0.39 is 10.0 Å². The number of anilines is 1. The third kappa shape index (κ3) is 4.51. The van der Waals surface area contributed by atoms with E-state index >= 15 is 0 Å². The van der Waals surface area contributed by atoms with E-state index in [2.05, 4.69) is 5.32 Å². The molecule has 1 N–H and O–H groups in total. The van der Waals surface area contributed by atoms with E-state index in [0.29, 0.717) is 30.8 Å². The summed E-state index contributed by atoms with van der Waals surface area (Å²) in [5.41, 5.74) is 1.79. The maximum absolute atomic E-state index is 13.5. The van der Waals surface area contributed by atoms with Crippen LogP contribution in [0, 0.1) is 5.82 Å². The Bertz CT molecular complexity index is 945. The highest BCUT2D eigenvalue weighted by atomic mass is 32.2. The predicted molar refractivity (Wildman–Crippen MR) is 107 cm³/mol. The number of carbonyl (C=O) groups excluding carboxylic acids is 1. The quantitative estimate of drug-likeness (QED) is 0.801. The number of sulfonamides is 1. The zero-order valence-electron chi connectivity index (χ0n) is 15.9. The zero-order valence-corrected chi connectivity index (χ0v) is 16.7. The molecule has 0 radical (unpaired) electrons. The van der Waals surface area contributed by atoms with Gasteiger partial charge in [-0.1, -0.05) is 12.1 Å². The van der Waals surface area contributed by atoms with Crippen molar-refractivity contribution >= 4 is 21.6 Å². The smallest absolute Gasteiger partial charge is 0.251 e. The second kappa shape index (κ2) is 8.28. The van der Waals surface area contributed by atoms with Gasteiger partial charge in [-0.2, -0.15) is 0 Å². The highest BCUT2D eigenvalue weighted by Crippen LogP contribution is 2.24. The molecule has 0 aliphatic carbocycles. The van der Waals surface area contributed by atoms with E-state index in [-0.39, 0.29) is 23.5 Å². The first-order chi connectivity index (χ1) is 13.3. The zero-order chi connectivity index (χ0) is 20.3. The van der Waals surface area contributed by atoms with Gasteiger partial charge in [0.15, 0.2) is 0 Å². The number of hydrogen-bond acceptors (Lipinski definition) is 4. The van der Waals surface area contributed by atoms with Crippen LogP contribution < -0.4 is 9.62 Å². The number of amides is 1. The fourth-order valence-electron chi connectivity index (χ4n) is 3.31. The number of hydrogen-bond donors (Lipinski definition) is 1. The van der Waals surface area contributed by atoms with Crippen molar-refractivity contribution in [1.29, 1.82) is 0 Å². The van der Waals surface area contributed by atoms with Crippen LogP contribution in [0.2, 0.25) is 0 Å². The van der Waals surface area contributed by atoms with Gasteiger partial charge in [-0.25, -0.2) is 12.8 Å². The molecule has 0 aromatic heterocycles. The maximum Gasteiger partial charge on any atom is 0.251 e. The minimum absolute atomic E-state index is 0.154. The molecule has 1 saturated heterocycles. The van der Waals surface area contributed by atoms with Crippen LogP contribution in [-0.2, 0) is 10.0 Å². The Morgan fingerprint density at radius 1 is 1.21 bits per heavy atom. The van der Waals surface area contributed by atoms with E-state index in [1.807, 2.05) is 25.1 Å². The van der Waals surface area contributed by atoms with Crippen molar-refractivity contribution in [2.45, 2.75) is 12.5 Å². The average Bonchev–Trinajstić information content (AvgIpc) is 3.01. The molecule has 150 valence electrons. The lowest BCUT2D eigenvalue weighted by molar-refractivity contribution is 0.0942. The topological polar surface area (TPSA) is 69.7 Å². The molecule has 1 amide bonds. The molecule has 0 spiro atoms. The molecular formula is C20H24FN3O3S.